The molecule has 1 aliphatic carbocycles. The number of rotatable bonds is 24. The Bertz CT molecular complexity index is 363. The molecular formula is C30H61N. The number of nitrogens with zero attached hydrogens (tertiary/aromatic N) is 1. The third kappa shape index (κ3) is 17.1. The molecule has 0 radical (unpaired) electrons. The first-order chi connectivity index (χ1) is 15.2. The molecule has 0 aromatic heterocycles. The summed E-state index contributed by atoms with van der Waals surface area (Å²) in [6, 6.07) is 0.825. The highest BCUT2D eigenvalue weighted by Crippen LogP contribution is 2.45. The molecule has 0 bridgehead atoms. The summed E-state index contributed by atoms with van der Waals surface area (Å²) in [5.41, 5.74) is 0. The summed E-state index contributed by atoms with van der Waals surface area (Å²) in [5.74, 6) is 2.23. The van der Waals surface area contributed by atoms with Crippen molar-refractivity contribution in [2.24, 2.45) is 11.8 Å². The van der Waals surface area contributed by atoms with E-state index in [9.17, 15) is 0 Å². The maximum absolute atomic E-state index is 2.50. The van der Waals surface area contributed by atoms with E-state index in [-0.39, 0.29) is 0 Å². The highest BCUT2D eigenvalue weighted by molar-refractivity contribution is 4.85. The van der Waals surface area contributed by atoms with E-state index in [0.29, 0.717) is 0 Å². The van der Waals surface area contributed by atoms with Gasteiger partial charge in [0.1, 0.15) is 0 Å². The van der Waals surface area contributed by atoms with E-state index in [1.807, 2.05) is 0 Å². The predicted molar refractivity (Wildman–Crippen MR) is 142 cm³/mol. The zero-order chi connectivity index (χ0) is 22.6. The molecule has 186 valence electrons. The lowest BCUT2D eigenvalue weighted by molar-refractivity contribution is 0.251. The lowest BCUT2D eigenvalue weighted by Gasteiger charge is -2.24. The van der Waals surface area contributed by atoms with Crippen LogP contribution in [0.15, 0.2) is 0 Å². The monoisotopic (exact) mass is 435 g/mol. The van der Waals surface area contributed by atoms with Gasteiger partial charge in [-0.3, -0.25) is 0 Å². The molecular weight excluding hydrogens is 374 g/mol. The molecule has 0 aromatic carbocycles. The molecule has 1 aliphatic rings. The van der Waals surface area contributed by atoms with Crippen LogP contribution < -0.4 is 0 Å². The van der Waals surface area contributed by atoms with Gasteiger partial charge in [0.05, 0.1) is 0 Å². The van der Waals surface area contributed by atoms with E-state index in [4.69, 9.17) is 0 Å². The Morgan fingerprint density at radius 3 is 1.29 bits per heavy atom. The van der Waals surface area contributed by atoms with Crippen LogP contribution in [0.2, 0.25) is 0 Å². The molecule has 0 amide bonds. The van der Waals surface area contributed by atoms with Crippen LogP contribution in [0.3, 0.4) is 0 Å². The lowest BCUT2D eigenvalue weighted by atomic mass is 9.99. The minimum Gasteiger partial charge on any atom is -0.306 e. The fourth-order valence-electron chi connectivity index (χ4n) is 5.52. The molecule has 1 rings (SSSR count). The van der Waals surface area contributed by atoms with Crippen molar-refractivity contribution in [3.63, 3.8) is 0 Å². The van der Waals surface area contributed by atoms with Gasteiger partial charge in [-0.2, -0.15) is 0 Å². The maximum Gasteiger partial charge on any atom is 0.00891 e. The van der Waals surface area contributed by atoms with E-state index < -0.39 is 0 Å². The third-order valence-corrected chi connectivity index (χ3v) is 7.98. The SMILES string of the molecule is CCCCCCCCCC[C@@H]1C[C@@H]1CCCCCC(CCCCCCCCC)N(C)C. The van der Waals surface area contributed by atoms with Gasteiger partial charge in [-0.1, -0.05) is 142 Å². The minimum atomic E-state index is 0.825. The summed E-state index contributed by atoms with van der Waals surface area (Å²) in [7, 11) is 4.60. The molecule has 1 unspecified atom stereocenters. The van der Waals surface area contributed by atoms with Crippen LogP contribution in [0.4, 0.5) is 0 Å². The quantitative estimate of drug-likeness (QED) is 0.136. The molecule has 1 saturated carbocycles. The summed E-state index contributed by atoms with van der Waals surface area (Å²) in [5, 5.41) is 0. The van der Waals surface area contributed by atoms with Crippen molar-refractivity contribution in [3.05, 3.63) is 0 Å². The van der Waals surface area contributed by atoms with Gasteiger partial charge in [0.2, 0.25) is 0 Å². The minimum absolute atomic E-state index is 0.825. The Morgan fingerprint density at radius 1 is 0.516 bits per heavy atom. The van der Waals surface area contributed by atoms with Crippen LogP contribution >= 0.6 is 0 Å². The summed E-state index contributed by atoms with van der Waals surface area (Å²) in [6.07, 6.45) is 33.7. The first-order valence-electron chi connectivity index (χ1n) is 14.8. The second kappa shape index (κ2) is 20.6. The summed E-state index contributed by atoms with van der Waals surface area (Å²) in [6.45, 7) is 4.62. The van der Waals surface area contributed by atoms with Crippen LogP contribution in [-0.2, 0) is 0 Å². The molecule has 0 heterocycles. The average molecular weight is 436 g/mol. The van der Waals surface area contributed by atoms with Gasteiger partial charge in [-0.15, -0.1) is 0 Å². The molecule has 1 heteroatoms. The highest BCUT2D eigenvalue weighted by atomic mass is 15.1. The first kappa shape index (κ1) is 29.0. The lowest BCUT2D eigenvalue weighted by Crippen LogP contribution is -2.27. The summed E-state index contributed by atoms with van der Waals surface area (Å²) in [4.78, 5) is 2.50. The van der Waals surface area contributed by atoms with Crippen LogP contribution in [0.1, 0.15) is 162 Å². The Balaban J connectivity index is 1.89. The van der Waals surface area contributed by atoms with E-state index in [2.05, 4.69) is 32.8 Å². The van der Waals surface area contributed by atoms with Crippen LogP contribution in [-0.4, -0.2) is 25.0 Å². The molecule has 0 aliphatic heterocycles. The van der Waals surface area contributed by atoms with Crippen LogP contribution in [0, 0.1) is 11.8 Å². The molecule has 0 spiro atoms. The second-order valence-corrected chi connectivity index (χ2v) is 11.2. The number of unbranched alkanes of at least 4 members (excludes halogenated alkanes) is 15. The summed E-state index contributed by atoms with van der Waals surface area (Å²) >= 11 is 0. The van der Waals surface area contributed by atoms with Gasteiger partial charge in [0.25, 0.3) is 0 Å². The zero-order valence-electron chi connectivity index (χ0n) is 22.4. The maximum atomic E-state index is 2.50. The van der Waals surface area contributed by atoms with Gasteiger partial charge < -0.3 is 4.90 Å². The van der Waals surface area contributed by atoms with Gasteiger partial charge in [0.15, 0.2) is 0 Å². The van der Waals surface area contributed by atoms with Gasteiger partial charge in [-0.05, 0) is 45.2 Å². The van der Waals surface area contributed by atoms with E-state index in [0.717, 1.165) is 17.9 Å². The average Bonchev–Trinajstić information content (AvgIpc) is 3.51. The van der Waals surface area contributed by atoms with Gasteiger partial charge in [-0.25, -0.2) is 0 Å². The normalized spacial score (nSPS) is 19.3. The van der Waals surface area contributed by atoms with Crippen LogP contribution in [0.25, 0.3) is 0 Å². The third-order valence-electron chi connectivity index (χ3n) is 7.98. The molecule has 1 nitrogen and oxygen atoms in total. The van der Waals surface area contributed by atoms with Gasteiger partial charge >= 0.3 is 0 Å². The molecule has 1 fully saturated rings. The van der Waals surface area contributed by atoms with Gasteiger partial charge in [0, 0.05) is 6.04 Å². The standard InChI is InChI=1S/C30H61N/c1-5-7-9-11-13-15-16-19-23-28-27-29(28)24-20-18-22-26-30(31(3)4)25-21-17-14-12-10-8-6-2/h28-30H,5-27H2,1-4H3/t28-,29+,30?/m1/s1. The number of hydrogen-bond donors (Lipinski definition) is 0. The van der Waals surface area contributed by atoms with Crippen molar-refractivity contribution in [1.29, 1.82) is 0 Å². The topological polar surface area (TPSA) is 3.24 Å². The molecule has 0 N–H and O–H groups in total. The smallest absolute Gasteiger partial charge is 0.00891 e. The van der Waals surface area contributed by atoms with Crippen LogP contribution in [0.5, 0.6) is 0 Å². The van der Waals surface area contributed by atoms with Crippen molar-refractivity contribution in [2.75, 3.05) is 14.1 Å². The van der Waals surface area contributed by atoms with Crippen molar-refractivity contribution >= 4 is 0 Å². The molecule has 3 atom stereocenters. The fraction of sp³-hybridized carbons (Fsp3) is 1.00. The molecule has 31 heavy (non-hydrogen) atoms. The Morgan fingerprint density at radius 2 is 0.871 bits per heavy atom. The van der Waals surface area contributed by atoms with Crippen molar-refractivity contribution in [1.82, 2.24) is 4.90 Å². The van der Waals surface area contributed by atoms with Crippen molar-refractivity contribution < 1.29 is 0 Å². The predicted octanol–water partition coefficient (Wildman–Crippen LogP) is 10.2. The zero-order valence-corrected chi connectivity index (χ0v) is 22.4. The second-order valence-electron chi connectivity index (χ2n) is 11.2. The highest BCUT2D eigenvalue weighted by Gasteiger charge is 2.35. The largest absolute Gasteiger partial charge is 0.306 e. The number of hydrogen-bond acceptors (Lipinski definition) is 1. The summed E-state index contributed by atoms with van der Waals surface area (Å²) < 4.78 is 0. The van der Waals surface area contributed by atoms with Crippen molar-refractivity contribution in [3.8, 4) is 0 Å². The Kier molecular flexibility index (Phi) is 19.2. The van der Waals surface area contributed by atoms with Crippen molar-refractivity contribution in [2.45, 2.75) is 168 Å². The Labute approximate surface area is 198 Å². The molecule has 0 saturated heterocycles. The Hall–Kier alpha value is -0.0400. The molecule has 0 aromatic rings. The fourth-order valence-corrected chi connectivity index (χ4v) is 5.52. The van der Waals surface area contributed by atoms with E-state index in [1.165, 1.54) is 135 Å². The van der Waals surface area contributed by atoms with E-state index in [1.54, 1.807) is 12.8 Å². The first-order valence-corrected chi connectivity index (χ1v) is 14.8. The van der Waals surface area contributed by atoms with E-state index >= 15 is 0 Å².